The van der Waals surface area contributed by atoms with Gasteiger partial charge in [-0.3, -0.25) is 9.59 Å². The van der Waals surface area contributed by atoms with Crippen molar-refractivity contribution < 1.29 is 23.6 Å². The van der Waals surface area contributed by atoms with E-state index in [9.17, 15) is 14.0 Å². The Morgan fingerprint density at radius 1 is 1.14 bits per heavy atom. The van der Waals surface area contributed by atoms with Crippen LogP contribution in [0.4, 0.5) is 10.1 Å². The van der Waals surface area contributed by atoms with Crippen molar-refractivity contribution in [2.75, 3.05) is 45.2 Å². The molecule has 0 saturated carbocycles. The molecule has 6 nitrogen and oxygen atoms in total. The van der Waals surface area contributed by atoms with E-state index in [0.717, 1.165) is 10.5 Å². The number of ether oxygens (including phenoxy) is 1. The third kappa shape index (κ3) is 4.86. The van der Waals surface area contributed by atoms with Gasteiger partial charge in [-0.15, -0.1) is 0 Å². The number of piperazine rings is 1. The molecule has 0 radical (unpaired) electrons. The largest absolute Gasteiger partial charge is 0.496 e. The number of nitrogens with one attached hydrogen (secondary N) is 2. The number of aryl methyl sites for hydroxylation is 1. The molecule has 2 aromatic carbocycles. The number of anilines is 1. The van der Waals surface area contributed by atoms with Crippen molar-refractivity contribution in [2.45, 2.75) is 6.92 Å². The fourth-order valence-corrected chi connectivity index (χ4v) is 3.30. The maximum absolute atomic E-state index is 12.9. The third-order valence-electron chi connectivity index (χ3n) is 4.95. The molecule has 1 aliphatic rings. The van der Waals surface area contributed by atoms with Crippen LogP contribution in [0, 0.1) is 12.7 Å². The minimum Gasteiger partial charge on any atom is -0.496 e. The summed E-state index contributed by atoms with van der Waals surface area (Å²) in [4.78, 5) is 27.8. The van der Waals surface area contributed by atoms with Crippen molar-refractivity contribution in [3.8, 4) is 5.75 Å². The topological polar surface area (TPSA) is 63.1 Å². The zero-order valence-corrected chi connectivity index (χ0v) is 16.1. The first-order valence-electron chi connectivity index (χ1n) is 9.29. The van der Waals surface area contributed by atoms with Crippen molar-refractivity contribution in [3.05, 3.63) is 59.4 Å². The molecule has 2 N–H and O–H groups in total. The molecule has 28 heavy (non-hydrogen) atoms. The highest BCUT2D eigenvalue weighted by molar-refractivity contribution is 5.95. The van der Waals surface area contributed by atoms with Gasteiger partial charge in [0, 0.05) is 11.3 Å². The normalized spacial score (nSPS) is 14.6. The van der Waals surface area contributed by atoms with E-state index < -0.39 is 0 Å². The Balaban J connectivity index is 1.50. The molecule has 1 aliphatic heterocycles. The van der Waals surface area contributed by atoms with E-state index in [1.165, 1.54) is 24.3 Å². The number of nitrogens with zero attached hydrogens (tertiary/aromatic N) is 1. The first kappa shape index (κ1) is 19.8. The Labute approximate surface area is 163 Å². The van der Waals surface area contributed by atoms with E-state index in [4.69, 9.17) is 4.74 Å². The summed E-state index contributed by atoms with van der Waals surface area (Å²) in [5.41, 5.74) is 2.17. The quantitative estimate of drug-likeness (QED) is 0.810. The van der Waals surface area contributed by atoms with Crippen LogP contribution in [0.1, 0.15) is 15.9 Å². The highest BCUT2D eigenvalue weighted by atomic mass is 19.1. The molecule has 0 aliphatic carbocycles. The number of halogens is 1. The molecule has 2 amide bonds. The molecular formula is C21H25FN3O3+. The number of carbonyl (C=O) groups is 2. The summed E-state index contributed by atoms with van der Waals surface area (Å²) in [5.74, 6) is 0.223. The van der Waals surface area contributed by atoms with E-state index >= 15 is 0 Å². The zero-order valence-electron chi connectivity index (χ0n) is 16.1. The molecule has 0 unspecified atom stereocenters. The number of quaternary nitrogens is 1. The van der Waals surface area contributed by atoms with Gasteiger partial charge in [0.2, 0.25) is 0 Å². The summed E-state index contributed by atoms with van der Waals surface area (Å²) in [5, 5.41) is 2.77. The van der Waals surface area contributed by atoms with Gasteiger partial charge in [0.1, 0.15) is 11.6 Å². The number of methoxy groups -OCH3 is 1. The lowest BCUT2D eigenvalue weighted by molar-refractivity contribution is -0.895. The molecular weight excluding hydrogens is 361 g/mol. The van der Waals surface area contributed by atoms with Crippen LogP contribution >= 0.6 is 0 Å². The lowest BCUT2D eigenvalue weighted by Crippen LogP contribution is -3.15. The average molecular weight is 386 g/mol. The van der Waals surface area contributed by atoms with Crippen LogP contribution in [0.5, 0.6) is 5.75 Å². The van der Waals surface area contributed by atoms with Crippen LogP contribution < -0.4 is 15.0 Å². The Morgan fingerprint density at radius 3 is 2.46 bits per heavy atom. The minimum atomic E-state index is -0.337. The van der Waals surface area contributed by atoms with Crippen molar-refractivity contribution in [1.82, 2.24) is 4.90 Å². The summed E-state index contributed by atoms with van der Waals surface area (Å²) >= 11 is 0. The van der Waals surface area contributed by atoms with Gasteiger partial charge in [0.05, 0.1) is 33.3 Å². The lowest BCUT2D eigenvalue weighted by atomic mass is 10.1. The van der Waals surface area contributed by atoms with Crippen molar-refractivity contribution in [1.29, 1.82) is 0 Å². The molecule has 1 saturated heterocycles. The van der Waals surface area contributed by atoms with E-state index in [1.54, 1.807) is 13.2 Å². The Kier molecular flexibility index (Phi) is 6.26. The van der Waals surface area contributed by atoms with Gasteiger partial charge < -0.3 is 19.9 Å². The van der Waals surface area contributed by atoms with E-state index in [2.05, 4.69) is 5.32 Å². The average Bonchev–Trinajstić information content (AvgIpc) is 2.70. The lowest BCUT2D eigenvalue weighted by Gasteiger charge is -2.32. The highest BCUT2D eigenvalue weighted by Gasteiger charge is 2.26. The van der Waals surface area contributed by atoms with Crippen LogP contribution in [0.25, 0.3) is 0 Å². The molecule has 7 heteroatoms. The van der Waals surface area contributed by atoms with Gasteiger partial charge in [-0.1, -0.05) is 6.07 Å². The van der Waals surface area contributed by atoms with Crippen molar-refractivity contribution in [3.63, 3.8) is 0 Å². The first-order valence-corrected chi connectivity index (χ1v) is 9.29. The Morgan fingerprint density at radius 2 is 1.82 bits per heavy atom. The SMILES string of the molecule is COc1cc(C(=O)N2CC[NH+](CC(=O)Nc3ccc(F)cc3)CC2)ccc1C. The second kappa shape index (κ2) is 8.84. The molecule has 0 aromatic heterocycles. The summed E-state index contributed by atoms with van der Waals surface area (Å²) in [7, 11) is 1.59. The molecule has 0 spiro atoms. The molecule has 148 valence electrons. The fraction of sp³-hybridized carbons (Fsp3) is 0.333. The minimum absolute atomic E-state index is 0.0203. The number of rotatable bonds is 5. The van der Waals surface area contributed by atoms with Crippen LogP contribution in [-0.4, -0.2) is 56.5 Å². The van der Waals surface area contributed by atoms with Gasteiger partial charge in [-0.05, 0) is 48.9 Å². The predicted octanol–water partition coefficient (Wildman–Crippen LogP) is 1.12. The van der Waals surface area contributed by atoms with Gasteiger partial charge in [0.15, 0.2) is 6.54 Å². The number of hydrogen-bond donors (Lipinski definition) is 2. The van der Waals surface area contributed by atoms with Crippen LogP contribution in [0.2, 0.25) is 0 Å². The molecule has 1 fully saturated rings. The smallest absolute Gasteiger partial charge is 0.279 e. The summed E-state index contributed by atoms with van der Waals surface area (Å²) in [6.07, 6.45) is 0. The Hall–Kier alpha value is -2.93. The maximum atomic E-state index is 12.9. The maximum Gasteiger partial charge on any atom is 0.279 e. The molecule has 1 heterocycles. The standard InChI is InChI=1S/C21H24FN3O3/c1-15-3-4-16(13-19(15)28-2)21(27)25-11-9-24(10-12-25)14-20(26)23-18-7-5-17(22)6-8-18/h3-8,13H,9-12,14H2,1-2H3,(H,23,26)/p+1. The molecule has 0 bridgehead atoms. The van der Waals surface area contributed by atoms with Crippen LogP contribution in [0.15, 0.2) is 42.5 Å². The molecule has 0 atom stereocenters. The number of amides is 2. The number of benzene rings is 2. The zero-order chi connectivity index (χ0) is 20.1. The van der Waals surface area contributed by atoms with E-state index in [0.29, 0.717) is 49.7 Å². The van der Waals surface area contributed by atoms with Gasteiger partial charge in [0.25, 0.3) is 11.8 Å². The Bertz CT molecular complexity index is 846. The number of hydrogen-bond acceptors (Lipinski definition) is 3. The first-order chi connectivity index (χ1) is 13.5. The van der Waals surface area contributed by atoms with E-state index in [-0.39, 0.29) is 17.6 Å². The summed E-state index contributed by atoms with van der Waals surface area (Å²) < 4.78 is 18.2. The van der Waals surface area contributed by atoms with Crippen LogP contribution in [0.3, 0.4) is 0 Å². The van der Waals surface area contributed by atoms with Gasteiger partial charge in [-0.25, -0.2) is 4.39 Å². The predicted molar refractivity (Wildman–Crippen MR) is 104 cm³/mol. The third-order valence-corrected chi connectivity index (χ3v) is 4.95. The molecule has 3 rings (SSSR count). The van der Waals surface area contributed by atoms with Gasteiger partial charge >= 0.3 is 0 Å². The summed E-state index contributed by atoms with van der Waals surface area (Å²) in [6, 6.07) is 11.2. The highest BCUT2D eigenvalue weighted by Crippen LogP contribution is 2.20. The van der Waals surface area contributed by atoms with E-state index in [1.807, 2.05) is 24.0 Å². The molecule has 2 aromatic rings. The van der Waals surface area contributed by atoms with Crippen molar-refractivity contribution >= 4 is 17.5 Å². The van der Waals surface area contributed by atoms with Crippen LogP contribution in [-0.2, 0) is 4.79 Å². The fourth-order valence-electron chi connectivity index (χ4n) is 3.30. The van der Waals surface area contributed by atoms with Crippen molar-refractivity contribution in [2.24, 2.45) is 0 Å². The monoisotopic (exact) mass is 386 g/mol. The number of carbonyl (C=O) groups excluding carboxylic acids is 2. The van der Waals surface area contributed by atoms with Gasteiger partial charge in [-0.2, -0.15) is 0 Å². The second-order valence-electron chi connectivity index (χ2n) is 6.96. The second-order valence-corrected chi connectivity index (χ2v) is 6.96. The summed E-state index contributed by atoms with van der Waals surface area (Å²) in [6.45, 7) is 4.84.